The fourth-order valence-corrected chi connectivity index (χ4v) is 4.74. The minimum atomic E-state index is -1.04. The molecule has 0 spiro atoms. The van der Waals surface area contributed by atoms with E-state index in [0.29, 0.717) is 12.0 Å². The number of ether oxygens (including phenoxy) is 1. The van der Waals surface area contributed by atoms with E-state index in [0.717, 1.165) is 30.1 Å². The minimum absolute atomic E-state index is 0.136. The van der Waals surface area contributed by atoms with Crippen LogP contribution < -0.4 is 0 Å². The van der Waals surface area contributed by atoms with Crippen molar-refractivity contribution in [2.45, 2.75) is 79.9 Å². The molecule has 0 aliphatic carbocycles. The monoisotopic (exact) mass is 556 g/mol. The number of cyclic esters (lactones) is 1. The van der Waals surface area contributed by atoms with Crippen LogP contribution in [0.15, 0.2) is 71.4 Å². The summed E-state index contributed by atoms with van der Waals surface area (Å²) in [4.78, 5) is 35.4. The lowest BCUT2D eigenvalue weighted by atomic mass is 9.82. The number of carbonyl (C=O) groups excluding carboxylic acids is 2. The summed E-state index contributed by atoms with van der Waals surface area (Å²) in [5, 5.41) is 29.5. The number of aliphatic hydroxyl groups is 2. The topological polar surface area (TPSA) is 121 Å². The third-order valence-electron chi connectivity index (χ3n) is 7.19. The lowest BCUT2D eigenvalue weighted by molar-refractivity contribution is -0.143. The number of aliphatic carboxylic acids is 1. The van der Waals surface area contributed by atoms with Crippen molar-refractivity contribution in [2.75, 3.05) is 6.61 Å². The minimum Gasteiger partial charge on any atom is -0.478 e. The van der Waals surface area contributed by atoms with Crippen LogP contribution >= 0.6 is 0 Å². The van der Waals surface area contributed by atoms with Crippen LogP contribution in [-0.2, 0) is 19.1 Å². The summed E-state index contributed by atoms with van der Waals surface area (Å²) < 4.78 is 5.38. The molecule has 1 aliphatic heterocycles. The van der Waals surface area contributed by atoms with Crippen molar-refractivity contribution < 1.29 is 34.4 Å². The highest BCUT2D eigenvalue weighted by molar-refractivity contribution is 5.85. The number of esters is 1. The number of Topliss-reactive ketones (excluding diaryl/α,β-unsaturated/α-hetero) is 1. The number of carbonyl (C=O) groups is 3. The molecule has 0 saturated heterocycles. The summed E-state index contributed by atoms with van der Waals surface area (Å²) >= 11 is 0. The smallest absolute Gasteiger partial charge is 0.331 e. The van der Waals surface area contributed by atoms with Crippen molar-refractivity contribution in [3.05, 3.63) is 71.4 Å². The van der Waals surface area contributed by atoms with E-state index in [9.17, 15) is 24.6 Å². The number of ketones is 1. The largest absolute Gasteiger partial charge is 0.478 e. The molecule has 1 rings (SSSR count). The molecular formula is C33H48O7. The van der Waals surface area contributed by atoms with Crippen molar-refractivity contribution >= 4 is 17.7 Å². The number of hydrogen-bond acceptors (Lipinski definition) is 6. The molecule has 1 aliphatic rings. The van der Waals surface area contributed by atoms with E-state index in [4.69, 9.17) is 9.84 Å². The van der Waals surface area contributed by atoms with E-state index < -0.39 is 23.9 Å². The van der Waals surface area contributed by atoms with Crippen LogP contribution in [0.25, 0.3) is 0 Å². The summed E-state index contributed by atoms with van der Waals surface area (Å²) in [7, 11) is 0. The van der Waals surface area contributed by atoms with E-state index in [1.165, 1.54) is 6.08 Å². The molecular weight excluding hydrogens is 508 g/mol. The normalized spacial score (nSPS) is 22.7. The van der Waals surface area contributed by atoms with Gasteiger partial charge in [-0.15, -0.1) is 0 Å². The van der Waals surface area contributed by atoms with Gasteiger partial charge in [0, 0.05) is 24.0 Å². The molecule has 222 valence electrons. The third kappa shape index (κ3) is 12.4. The van der Waals surface area contributed by atoms with Crippen molar-refractivity contribution in [3.8, 4) is 0 Å². The van der Waals surface area contributed by atoms with Gasteiger partial charge in [0.15, 0.2) is 0 Å². The van der Waals surface area contributed by atoms with Crippen molar-refractivity contribution in [2.24, 2.45) is 29.6 Å². The SMILES string of the molecule is CCC(=C[C@H](C)C/C=C/C(C)=C/[C@@H](CO)C(=O)[C@@H](C)[C@H](O)[C@@H](C)C/C(C)=C/C(=O)O)/C=C/[C@@H]1OC(=O)C=C[C@@H]1C. The standard InChI is InChI=1S/C33H48O7/c1-8-27(13-14-29-24(5)12-15-31(37)40-29)17-21(2)10-9-11-22(3)18-28(20-34)33(39)26(7)32(38)25(6)16-23(4)19-30(35)36/h9,11-15,17-19,21,24-26,28-29,32,34,38H,8,10,16,20H2,1-7H3,(H,35,36)/b11-9+,14-13+,22-18+,23-19+,27-17?/t21-,24+,25+,26+,28+,29+,32-/m1/s1. The van der Waals surface area contributed by atoms with E-state index in [1.807, 2.05) is 44.2 Å². The fourth-order valence-electron chi connectivity index (χ4n) is 4.74. The maximum atomic E-state index is 13.0. The Bertz CT molecular complexity index is 1040. The second-order valence-electron chi connectivity index (χ2n) is 11.1. The highest BCUT2D eigenvalue weighted by atomic mass is 16.5. The second-order valence-corrected chi connectivity index (χ2v) is 11.1. The van der Waals surface area contributed by atoms with Gasteiger partial charge in [0.25, 0.3) is 0 Å². The molecule has 0 aromatic heterocycles. The van der Waals surface area contributed by atoms with Crippen LogP contribution in [0.2, 0.25) is 0 Å². The number of carboxylic acids is 1. The van der Waals surface area contributed by atoms with Gasteiger partial charge in [0.1, 0.15) is 11.9 Å². The summed E-state index contributed by atoms with van der Waals surface area (Å²) in [5.41, 5.74) is 2.62. The number of allylic oxidation sites excluding steroid dienone is 7. The Labute approximate surface area is 239 Å². The first-order valence-electron chi connectivity index (χ1n) is 14.1. The number of aliphatic hydroxyl groups excluding tert-OH is 2. The van der Waals surface area contributed by atoms with Gasteiger partial charge in [-0.25, -0.2) is 9.59 Å². The molecule has 0 bridgehead atoms. The molecule has 0 unspecified atom stereocenters. The first-order chi connectivity index (χ1) is 18.8. The first kappa shape index (κ1) is 35.0. The average molecular weight is 557 g/mol. The Kier molecular flexibility index (Phi) is 15.4. The number of hydrogen-bond donors (Lipinski definition) is 3. The van der Waals surface area contributed by atoms with Crippen LogP contribution in [0.1, 0.15) is 67.7 Å². The Balaban J connectivity index is 2.76. The molecule has 40 heavy (non-hydrogen) atoms. The summed E-state index contributed by atoms with van der Waals surface area (Å²) in [6, 6.07) is 0. The maximum Gasteiger partial charge on any atom is 0.331 e. The van der Waals surface area contributed by atoms with Crippen LogP contribution in [-0.4, -0.2) is 51.9 Å². The van der Waals surface area contributed by atoms with Gasteiger partial charge in [-0.3, -0.25) is 4.79 Å². The molecule has 1 heterocycles. The molecule has 0 fully saturated rings. The highest BCUT2D eigenvalue weighted by Crippen LogP contribution is 2.24. The molecule has 0 aromatic carbocycles. The van der Waals surface area contributed by atoms with Crippen molar-refractivity contribution in [1.29, 1.82) is 0 Å². The van der Waals surface area contributed by atoms with Gasteiger partial charge in [0.2, 0.25) is 0 Å². The van der Waals surface area contributed by atoms with Gasteiger partial charge in [-0.05, 0) is 51.0 Å². The zero-order valence-corrected chi connectivity index (χ0v) is 25.0. The number of rotatable bonds is 16. The predicted molar refractivity (Wildman–Crippen MR) is 158 cm³/mol. The molecule has 0 amide bonds. The van der Waals surface area contributed by atoms with Gasteiger partial charge >= 0.3 is 11.9 Å². The van der Waals surface area contributed by atoms with E-state index in [1.54, 1.807) is 26.8 Å². The molecule has 0 radical (unpaired) electrons. The van der Waals surface area contributed by atoms with E-state index in [2.05, 4.69) is 19.9 Å². The first-order valence-corrected chi connectivity index (χ1v) is 14.1. The summed E-state index contributed by atoms with van der Waals surface area (Å²) in [5.74, 6) is -2.97. The third-order valence-corrected chi connectivity index (χ3v) is 7.19. The molecule has 7 nitrogen and oxygen atoms in total. The zero-order valence-electron chi connectivity index (χ0n) is 25.0. The fraction of sp³-hybridized carbons (Fsp3) is 0.545. The lowest BCUT2D eigenvalue weighted by Crippen LogP contribution is -2.35. The molecule has 7 atom stereocenters. The van der Waals surface area contributed by atoms with Crippen LogP contribution in [0.5, 0.6) is 0 Å². The van der Waals surface area contributed by atoms with Crippen molar-refractivity contribution in [1.82, 2.24) is 0 Å². The average Bonchev–Trinajstić information content (AvgIpc) is 2.89. The van der Waals surface area contributed by atoms with E-state index >= 15 is 0 Å². The molecule has 7 heteroatoms. The Hall–Kier alpha value is -3.03. The summed E-state index contributed by atoms with van der Waals surface area (Å²) in [6.45, 7) is 12.8. The van der Waals surface area contributed by atoms with Crippen molar-refractivity contribution in [3.63, 3.8) is 0 Å². The van der Waals surface area contributed by atoms with Crippen LogP contribution in [0, 0.1) is 29.6 Å². The van der Waals surface area contributed by atoms with Gasteiger partial charge < -0.3 is 20.1 Å². The number of carboxylic acid groups (broad SMARTS) is 1. The quantitative estimate of drug-likeness (QED) is 0.126. The highest BCUT2D eigenvalue weighted by Gasteiger charge is 2.30. The van der Waals surface area contributed by atoms with Gasteiger partial charge in [0.05, 0.1) is 18.6 Å². The molecule has 3 N–H and O–H groups in total. The van der Waals surface area contributed by atoms with E-state index in [-0.39, 0.29) is 42.2 Å². The Morgan fingerprint density at radius 1 is 1.12 bits per heavy atom. The second kappa shape index (κ2) is 17.6. The Morgan fingerprint density at radius 2 is 1.80 bits per heavy atom. The van der Waals surface area contributed by atoms with Crippen LogP contribution in [0.3, 0.4) is 0 Å². The van der Waals surface area contributed by atoms with Gasteiger partial charge in [-0.2, -0.15) is 0 Å². The predicted octanol–water partition coefficient (Wildman–Crippen LogP) is 5.76. The Morgan fingerprint density at radius 3 is 2.40 bits per heavy atom. The zero-order chi connectivity index (χ0) is 30.4. The lowest BCUT2D eigenvalue weighted by Gasteiger charge is -2.26. The molecule has 0 aromatic rings. The van der Waals surface area contributed by atoms with Crippen LogP contribution in [0.4, 0.5) is 0 Å². The van der Waals surface area contributed by atoms with Gasteiger partial charge in [-0.1, -0.05) is 87.8 Å². The maximum absolute atomic E-state index is 13.0. The molecule has 0 saturated carbocycles. The summed E-state index contributed by atoms with van der Waals surface area (Å²) in [6.07, 6.45) is 17.1.